The Morgan fingerprint density at radius 2 is 1.78 bits per heavy atom. The quantitative estimate of drug-likeness (QED) is 0.613. The molecule has 0 bridgehead atoms. The maximum Gasteiger partial charge on any atom is 0.247 e. The van der Waals surface area contributed by atoms with Crippen LogP contribution in [0.5, 0.6) is 0 Å². The molecule has 144 valence electrons. The predicted octanol–water partition coefficient (Wildman–Crippen LogP) is 3.95. The van der Waals surface area contributed by atoms with Gasteiger partial charge in [-0.1, -0.05) is 43.7 Å². The third-order valence-corrected chi connectivity index (χ3v) is 5.70. The van der Waals surface area contributed by atoms with Crippen LogP contribution in [0.25, 0.3) is 0 Å². The number of hydrogen-bond acceptors (Lipinski definition) is 3. The van der Waals surface area contributed by atoms with Crippen molar-refractivity contribution in [2.75, 3.05) is 5.32 Å². The van der Waals surface area contributed by atoms with Gasteiger partial charge in [0.25, 0.3) is 0 Å². The molecule has 3 atom stereocenters. The number of halogens is 1. The lowest BCUT2D eigenvalue weighted by Gasteiger charge is -2.27. The predicted molar refractivity (Wildman–Crippen MR) is 105 cm³/mol. The Kier molecular flexibility index (Phi) is 5.70. The van der Waals surface area contributed by atoms with Crippen LogP contribution in [-0.4, -0.2) is 28.7 Å². The fourth-order valence-electron chi connectivity index (χ4n) is 3.81. The number of aryl methyl sites for hydroxylation is 1. The molecule has 0 saturated carbocycles. The summed E-state index contributed by atoms with van der Waals surface area (Å²) in [7, 11) is 0. The van der Waals surface area contributed by atoms with Crippen molar-refractivity contribution in [3.05, 3.63) is 40.9 Å². The molecule has 5 nitrogen and oxygen atoms in total. The number of benzene rings is 1. The van der Waals surface area contributed by atoms with Crippen LogP contribution in [0.2, 0.25) is 5.02 Å². The first-order valence-corrected chi connectivity index (χ1v) is 9.76. The highest BCUT2D eigenvalue weighted by atomic mass is 35.5. The van der Waals surface area contributed by atoms with Crippen molar-refractivity contribution >= 4 is 35.0 Å². The molecule has 1 aromatic rings. The molecule has 27 heavy (non-hydrogen) atoms. The Morgan fingerprint density at radius 1 is 1.19 bits per heavy atom. The number of fused-ring (bicyclic) bond motifs is 1. The van der Waals surface area contributed by atoms with E-state index in [1.54, 1.807) is 12.1 Å². The molecule has 3 amide bonds. The molecule has 1 aromatic carbocycles. The lowest BCUT2D eigenvalue weighted by molar-refractivity contribution is -0.147. The maximum absolute atomic E-state index is 13.0. The first-order chi connectivity index (χ1) is 12.8. The average molecular weight is 389 g/mol. The first-order valence-electron chi connectivity index (χ1n) is 9.38. The smallest absolute Gasteiger partial charge is 0.247 e. The number of anilines is 1. The van der Waals surface area contributed by atoms with Gasteiger partial charge < -0.3 is 5.32 Å². The second kappa shape index (κ2) is 7.85. The molecule has 1 heterocycles. The molecule has 1 fully saturated rings. The summed E-state index contributed by atoms with van der Waals surface area (Å²) >= 11 is 6.14. The molecule has 1 aliphatic carbocycles. The molecule has 1 N–H and O–H groups in total. The van der Waals surface area contributed by atoms with E-state index in [2.05, 4.69) is 5.32 Å². The van der Waals surface area contributed by atoms with Crippen LogP contribution in [0, 0.1) is 24.7 Å². The maximum atomic E-state index is 13.0. The van der Waals surface area contributed by atoms with Crippen LogP contribution in [0.4, 0.5) is 5.69 Å². The molecule has 2 aliphatic rings. The Balaban J connectivity index is 1.85. The summed E-state index contributed by atoms with van der Waals surface area (Å²) in [5.74, 6) is -1.31. The minimum Gasteiger partial charge on any atom is -0.324 e. The van der Waals surface area contributed by atoms with Gasteiger partial charge in [0.1, 0.15) is 6.04 Å². The summed E-state index contributed by atoms with van der Waals surface area (Å²) in [6.45, 7) is 5.83. The van der Waals surface area contributed by atoms with Crippen molar-refractivity contribution in [3.63, 3.8) is 0 Å². The normalized spacial score (nSPS) is 22.9. The van der Waals surface area contributed by atoms with Crippen molar-refractivity contribution in [3.8, 4) is 0 Å². The molecule has 1 aliphatic heterocycles. The highest BCUT2D eigenvalue weighted by molar-refractivity contribution is 6.31. The van der Waals surface area contributed by atoms with E-state index in [4.69, 9.17) is 11.6 Å². The van der Waals surface area contributed by atoms with Gasteiger partial charge in [0.2, 0.25) is 17.7 Å². The number of nitrogens with one attached hydrogen (secondary N) is 1. The minimum atomic E-state index is -0.810. The molecule has 0 spiro atoms. The lowest BCUT2D eigenvalue weighted by Crippen LogP contribution is -2.48. The van der Waals surface area contributed by atoms with Crippen LogP contribution in [0.3, 0.4) is 0 Å². The Morgan fingerprint density at radius 3 is 2.30 bits per heavy atom. The Hall–Kier alpha value is -2.14. The van der Waals surface area contributed by atoms with E-state index >= 15 is 0 Å². The molecule has 0 radical (unpaired) electrons. The van der Waals surface area contributed by atoms with Crippen LogP contribution in [0.1, 0.15) is 38.7 Å². The largest absolute Gasteiger partial charge is 0.324 e. The fraction of sp³-hybridized carbons (Fsp3) is 0.476. The van der Waals surface area contributed by atoms with E-state index in [1.807, 2.05) is 39.0 Å². The van der Waals surface area contributed by atoms with Crippen LogP contribution < -0.4 is 5.32 Å². The van der Waals surface area contributed by atoms with Crippen molar-refractivity contribution < 1.29 is 14.4 Å². The van der Waals surface area contributed by atoms with E-state index < -0.39 is 6.04 Å². The zero-order valence-corrected chi connectivity index (χ0v) is 16.6. The molecule has 0 aromatic heterocycles. The van der Waals surface area contributed by atoms with Crippen molar-refractivity contribution in [2.24, 2.45) is 17.8 Å². The van der Waals surface area contributed by atoms with Crippen LogP contribution in [-0.2, 0) is 14.4 Å². The summed E-state index contributed by atoms with van der Waals surface area (Å²) in [6.07, 6.45) is 5.45. The average Bonchev–Trinajstić information content (AvgIpc) is 2.87. The highest BCUT2D eigenvalue weighted by Gasteiger charge is 2.51. The van der Waals surface area contributed by atoms with Gasteiger partial charge in [-0.15, -0.1) is 0 Å². The number of imide groups is 1. The highest BCUT2D eigenvalue weighted by Crippen LogP contribution is 2.37. The van der Waals surface area contributed by atoms with Crippen LogP contribution in [0.15, 0.2) is 30.4 Å². The van der Waals surface area contributed by atoms with Crippen LogP contribution >= 0.6 is 11.6 Å². The zero-order valence-electron chi connectivity index (χ0n) is 15.9. The minimum absolute atomic E-state index is 0.156. The number of carbonyl (C=O) groups excluding carboxylic acids is 3. The summed E-state index contributed by atoms with van der Waals surface area (Å²) in [5.41, 5.74) is 1.47. The summed E-state index contributed by atoms with van der Waals surface area (Å²) in [5, 5.41) is 3.38. The van der Waals surface area contributed by atoms with E-state index in [1.165, 1.54) is 4.90 Å². The molecule has 6 heteroatoms. The van der Waals surface area contributed by atoms with Crippen molar-refractivity contribution in [2.45, 2.75) is 46.1 Å². The number of carbonyl (C=O) groups is 3. The number of rotatable bonds is 5. The number of amides is 3. The van der Waals surface area contributed by atoms with Gasteiger partial charge in [-0.3, -0.25) is 19.3 Å². The Labute approximate surface area is 164 Å². The van der Waals surface area contributed by atoms with E-state index in [9.17, 15) is 14.4 Å². The topological polar surface area (TPSA) is 66.5 Å². The van der Waals surface area contributed by atoms with E-state index in [0.29, 0.717) is 30.0 Å². The summed E-state index contributed by atoms with van der Waals surface area (Å²) < 4.78 is 0. The van der Waals surface area contributed by atoms with Gasteiger partial charge in [-0.25, -0.2) is 0 Å². The number of allylic oxidation sites excluding steroid dienone is 2. The second-order valence-electron chi connectivity index (χ2n) is 7.80. The van der Waals surface area contributed by atoms with Gasteiger partial charge in [0.05, 0.1) is 11.8 Å². The monoisotopic (exact) mass is 388 g/mol. The molecule has 3 unspecified atom stereocenters. The van der Waals surface area contributed by atoms with Gasteiger partial charge in [-0.2, -0.15) is 0 Å². The van der Waals surface area contributed by atoms with Crippen molar-refractivity contribution in [1.82, 2.24) is 4.90 Å². The van der Waals surface area contributed by atoms with Gasteiger partial charge >= 0.3 is 0 Å². The third-order valence-electron chi connectivity index (χ3n) is 5.29. The standard InChI is InChI=1S/C21H25ClN2O3/c1-12(2)10-18(19(25)23-14-9-8-13(3)17(22)11-14)24-20(26)15-6-4-5-7-16(15)21(24)27/h4-5,8-9,11-12,15-16,18H,6-7,10H2,1-3H3,(H,23,25). The first kappa shape index (κ1) is 19.6. The van der Waals surface area contributed by atoms with Crippen molar-refractivity contribution in [1.29, 1.82) is 0 Å². The number of nitrogens with zero attached hydrogens (tertiary/aromatic N) is 1. The SMILES string of the molecule is Cc1ccc(NC(=O)C(CC(C)C)N2C(=O)C3CC=CCC3C2=O)cc1Cl. The summed E-state index contributed by atoms with van der Waals surface area (Å²) in [4.78, 5) is 40.0. The zero-order chi connectivity index (χ0) is 19.7. The fourth-order valence-corrected chi connectivity index (χ4v) is 3.99. The molecule has 1 saturated heterocycles. The number of hydrogen-bond donors (Lipinski definition) is 1. The number of likely N-dealkylation sites (tertiary alicyclic amines) is 1. The molecular formula is C21H25ClN2O3. The van der Waals surface area contributed by atoms with Gasteiger partial charge in [0.15, 0.2) is 0 Å². The molecule has 3 rings (SSSR count). The van der Waals surface area contributed by atoms with Gasteiger partial charge in [-0.05, 0) is 49.8 Å². The lowest BCUT2D eigenvalue weighted by atomic mass is 9.85. The van der Waals surface area contributed by atoms with E-state index in [0.717, 1.165) is 5.56 Å². The Bertz CT molecular complexity index is 777. The van der Waals surface area contributed by atoms with Gasteiger partial charge in [0, 0.05) is 10.7 Å². The molecular weight excluding hydrogens is 364 g/mol. The summed E-state index contributed by atoms with van der Waals surface area (Å²) in [6, 6.07) is 4.46. The van der Waals surface area contributed by atoms with E-state index in [-0.39, 0.29) is 35.5 Å². The third kappa shape index (κ3) is 3.93. The second-order valence-corrected chi connectivity index (χ2v) is 8.21.